The molecule has 4 nitrogen and oxygen atoms in total. The van der Waals surface area contributed by atoms with E-state index in [-0.39, 0.29) is 10.6 Å². The predicted octanol–water partition coefficient (Wildman–Crippen LogP) is 3.82. The fourth-order valence-electron chi connectivity index (χ4n) is 1.71. The van der Waals surface area contributed by atoms with Gasteiger partial charge in [-0.05, 0) is 46.9 Å². The van der Waals surface area contributed by atoms with Crippen LogP contribution in [0.3, 0.4) is 0 Å². The molecule has 0 spiro atoms. The van der Waals surface area contributed by atoms with Crippen molar-refractivity contribution >= 4 is 28.3 Å². The lowest BCUT2D eigenvalue weighted by Gasteiger charge is -2.06. The van der Waals surface area contributed by atoms with E-state index < -0.39 is 0 Å². The van der Waals surface area contributed by atoms with Crippen molar-refractivity contribution < 1.29 is 9.66 Å². The maximum Gasteiger partial charge on any atom is 0.272 e. The standard InChI is InChI=1S/C14H12INO3/c15-12-5-7-13(8-6-12)19-10-9-11-3-1-2-4-14(11)16(17)18/h1-8H,9-10H2. The molecular formula is C14H12INO3. The van der Waals surface area contributed by atoms with E-state index in [2.05, 4.69) is 22.6 Å². The van der Waals surface area contributed by atoms with Crippen molar-refractivity contribution in [3.63, 3.8) is 0 Å². The molecule has 0 N–H and O–H groups in total. The molecule has 2 aromatic carbocycles. The van der Waals surface area contributed by atoms with Crippen LogP contribution >= 0.6 is 22.6 Å². The van der Waals surface area contributed by atoms with Crippen molar-refractivity contribution in [2.75, 3.05) is 6.61 Å². The number of nitro benzene ring substituents is 1. The molecule has 0 aromatic heterocycles. The molecule has 19 heavy (non-hydrogen) atoms. The molecule has 0 radical (unpaired) electrons. The van der Waals surface area contributed by atoms with E-state index in [0.717, 1.165) is 9.32 Å². The van der Waals surface area contributed by atoms with Gasteiger partial charge in [0.15, 0.2) is 0 Å². The van der Waals surface area contributed by atoms with Crippen LogP contribution in [0.4, 0.5) is 5.69 Å². The molecule has 98 valence electrons. The van der Waals surface area contributed by atoms with Gasteiger partial charge in [-0.25, -0.2) is 0 Å². The number of hydrogen-bond acceptors (Lipinski definition) is 3. The monoisotopic (exact) mass is 369 g/mol. The number of ether oxygens (including phenoxy) is 1. The van der Waals surface area contributed by atoms with Gasteiger partial charge in [0, 0.05) is 21.6 Å². The van der Waals surface area contributed by atoms with Gasteiger partial charge in [-0.1, -0.05) is 18.2 Å². The van der Waals surface area contributed by atoms with Crippen LogP contribution in [-0.2, 0) is 6.42 Å². The minimum atomic E-state index is -0.361. The molecule has 2 aromatic rings. The highest BCUT2D eigenvalue weighted by atomic mass is 127. The summed E-state index contributed by atoms with van der Waals surface area (Å²) in [6, 6.07) is 14.4. The van der Waals surface area contributed by atoms with E-state index in [4.69, 9.17) is 4.74 Å². The number of hydrogen-bond donors (Lipinski definition) is 0. The maximum absolute atomic E-state index is 10.9. The molecule has 0 amide bonds. The number of nitro groups is 1. The summed E-state index contributed by atoms with van der Waals surface area (Å²) in [4.78, 5) is 10.5. The lowest BCUT2D eigenvalue weighted by Crippen LogP contribution is -2.03. The highest BCUT2D eigenvalue weighted by Gasteiger charge is 2.11. The summed E-state index contributed by atoms with van der Waals surface area (Å²) in [5.41, 5.74) is 0.840. The lowest BCUT2D eigenvalue weighted by molar-refractivity contribution is -0.385. The van der Waals surface area contributed by atoms with Crippen LogP contribution in [0.5, 0.6) is 5.75 Å². The average Bonchev–Trinajstić information content (AvgIpc) is 2.41. The first-order chi connectivity index (χ1) is 9.16. The molecule has 0 unspecified atom stereocenters. The Morgan fingerprint density at radius 2 is 1.79 bits per heavy atom. The largest absolute Gasteiger partial charge is 0.493 e. The average molecular weight is 369 g/mol. The molecule has 0 atom stereocenters. The third-order valence-corrected chi connectivity index (χ3v) is 3.36. The molecule has 0 saturated heterocycles. The number of rotatable bonds is 5. The van der Waals surface area contributed by atoms with Crippen molar-refractivity contribution in [1.29, 1.82) is 0 Å². The molecule has 0 fully saturated rings. The van der Waals surface area contributed by atoms with Crippen LogP contribution in [0.2, 0.25) is 0 Å². The Morgan fingerprint density at radius 1 is 1.11 bits per heavy atom. The summed E-state index contributed by atoms with van der Waals surface area (Å²) < 4.78 is 6.72. The van der Waals surface area contributed by atoms with Crippen LogP contribution in [0.1, 0.15) is 5.56 Å². The molecular weight excluding hydrogens is 357 g/mol. The Kier molecular flexibility index (Phi) is 4.73. The summed E-state index contributed by atoms with van der Waals surface area (Å²) in [5.74, 6) is 0.777. The highest BCUT2D eigenvalue weighted by molar-refractivity contribution is 14.1. The van der Waals surface area contributed by atoms with Gasteiger partial charge >= 0.3 is 0 Å². The van der Waals surface area contributed by atoms with Crippen LogP contribution < -0.4 is 4.74 Å². The minimum absolute atomic E-state index is 0.147. The maximum atomic E-state index is 10.9. The lowest BCUT2D eigenvalue weighted by atomic mass is 10.1. The normalized spacial score (nSPS) is 10.2. The van der Waals surface area contributed by atoms with Gasteiger partial charge in [0.05, 0.1) is 11.5 Å². The van der Waals surface area contributed by atoms with Crippen molar-refractivity contribution in [1.82, 2.24) is 0 Å². The van der Waals surface area contributed by atoms with E-state index in [1.54, 1.807) is 18.2 Å². The zero-order valence-electron chi connectivity index (χ0n) is 10.1. The summed E-state index contributed by atoms with van der Waals surface area (Å²) in [5, 5.41) is 10.9. The Hall–Kier alpha value is -1.63. The van der Waals surface area contributed by atoms with Gasteiger partial charge in [-0.2, -0.15) is 0 Å². The first kappa shape index (κ1) is 13.8. The Labute approximate surface area is 124 Å². The van der Waals surface area contributed by atoms with Gasteiger partial charge in [-0.15, -0.1) is 0 Å². The fraction of sp³-hybridized carbons (Fsp3) is 0.143. The third kappa shape index (κ3) is 3.92. The van der Waals surface area contributed by atoms with Crippen molar-refractivity contribution in [3.05, 3.63) is 67.8 Å². The van der Waals surface area contributed by atoms with E-state index in [1.165, 1.54) is 6.07 Å². The summed E-state index contributed by atoms with van der Waals surface area (Å²) in [6.07, 6.45) is 0.517. The molecule has 0 heterocycles. The predicted molar refractivity (Wildman–Crippen MR) is 81.5 cm³/mol. The van der Waals surface area contributed by atoms with Gasteiger partial charge in [0.25, 0.3) is 5.69 Å². The molecule has 0 bridgehead atoms. The number of halogens is 1. The van der Waals surface area contributed by atoms with Crippen LogP contribution in [0, 0.1) is 13.7 Å². The molecule has 0 saturated carbocycles. The molecule has 0 aliphatic carbocycles. The van der Waals surface area contributed by atoms with Crippen LogP contribution in [-0.4, -0.2) is 11.5 Å². The van der Waals surface area contributed by atoms with Crippen molar-refractivity contribution in [3.8, 4) is 5.75 Å². The van der Waals surface area contributed by atoms with Gasteiger partial charge in [0.2, 0.25) is 0 Å². The fourth-order valence-corrected chi connectivity index (χ4v) is 2.07. The topological polar surface area (TPSA) is 52.4 Å². The van der Waals surface area contributed by atoms with E-state index >= 15 is 0 Å². The van der Waals surface area contributed by atoms with Crippen molar-refractivity contribution in [2.24, 2.45) is 0 Å². The second kappa shape index (κ2) is 6.51. The van der Waals surface area contributed by atoms with Gasteiger partial charge < -0.3 is 4.74 Å². The second-order valence-electron chi connectivity index (χ2n) is 3.94. The number of para-hydroxylation sites is 1. The van der Waals surface area contributed by atoms with Gasteiger partial charge in [0.1, 0.15) is 5.75 Å². The smallest absolute Gasteiger partial charge is 0.272 e. The molecule has 5 heteroatoms. The third-order valence-electron chi connectivity index (χ3n) is 2.64. The Morgan fingerprint density at radius 3 is 2.47 bits per heavy atom. The SMILES string of the molecule is O=[N+]([O-])c1ccccc1CCOc1ccc(I)cc1. The zero-order chi connectivity index (χ0) is 13.7. The Bertz CT molecular complexity index is 569. The van der Waals surface area contributed by atoms with Crippen LogP contribution in [0.25, 0.3) is 0 Å². The number of benzene rings is 2. The molecule has 0 aliphatic rings. The summed E-state index contributed by atoms with van der Waals surface area (Å²) in [7, 11) is 0. The molecule has 2 rings (SSSR count). The highest BCUT2D eigenvalue weighted by Crippen LogP contribution is 2.19. The second-order valence-corrected chi connectivity index (χ2v) is 5.18. The van der Waals surface area contributed by atoms with Crippen molar-refractivity contribution in [2.45, 2.75) is 6.42 Å². The quantitative estimate of drug-likeness (QED) is 0.458. The number of nitrogens with zero attached hydrogens (tertiary/aromatic N) is 1. The van der Waals surface area contributed by atoms with Gasteiger partial charge in [-0.3, -0.25) is 10.1 Å². The molecule has 0 aliphatic heterocycles. The summed E-state index contributed by atoms with van der Waals surface area (Å²) >= 11 is 2.22. The Balaban J connectivity index is 1.96. The minimum Gasteiger partial charge on any atom is -0.493 e. The van der Waals surface area contributed by atoms with E-state index in [1.807, 2.05) is 24.3 Å². The zero-order valence-corrected chi connectivity index (χ0v) is 12.2. The summed E-state index contributed by atoms with van der Waals surface area (Å²) in [6.45, 7) is 0.422. The van der Waals surface area contributed by atoms with Crippen LogP contribution in [0.15, 0.2) is 48.5 Å². The first-order valence-corrected chi connectivity index (χ1v) is 6.85. The van der Waals surface area contributed by atoms with E-state index in [0.29, 0.717) is 18.6 Å². The van der Waals surface area contributed by atoms with E-state index in [9.17, 15) is 10.1 Å². The first-order valence-electron chi connectivity index (χ1n) is 5.77.